The largest absolute Gasteiger partial charge is 0.462 e. The lowest BCUT2D eigenvalue weighted by Crippen LogP contribution is -2.60. The Morgan fingerprint density at radius 2 is 1.11 bits per heavy atom. The van der Waals surface area contributed by atoms with Crippen LogP contribution in [0.4, 0.5) is 0 Å². The number of esters is 2. The second-order valence-electron chi connectivity index (χ2n) is 15.4. The summed E-state index contributed by atoms with van der Waals surface area (Å²) in [7, 11) is -4.60. The molecular weight excluding hydrogens is 741 g/mol. The summed E-state index contributed by atoms with van der Waals surface area (Å²) in [5.74, 6) is -1.99. The predicted octanol–water partition coefficient (Wildman–Crippen LogP) is 8.45. The summed E-state index contributed by atoms with van der Waals surface area (Å²) in [5.41, 5.74) is 0. The van der Waals surface area contributed by atoms with Crippen molar-refractivity contribution in [2.24, 2.45) is 0 Å². The van der Waals surface area contributed by atoms with Gasteiger partial charge in [0.25, 0.3) is 10.1 Å². The van der Waals surface area contributed by atoms with Gasteiger partial charge in [-0.05, 0) is 38.5 Å². The van der Waals surface area contributed by atoms with Crippen molar-refractivity contribution >= 4 is 22.1 Å². The van der Waals surface area contributed by atoms with Gasteiger partial charge < -0.3 is 34.3 Å². The van der Waals surface area contributed by atoms with Crippen LogP contribution in [0.5, 0.6) is 0 Å². The van der Waals surface area contributed by atoms with Gasteiger partial charge in [0.2, 0.25) is 0 Å². The molecule has 0 radical (unpaired) electrons. The highest BCUT2D eigenvalue weighted by molar-refractivity contribution is 7.85. The highest BCUT2D eigenvalue weighted by Crippen LogP contribution is 2.24. The lowest BCUT2D eigenvalue weighted by atomic mass is 10.00. The van der Waals surface area contributed by atoms with E-state index in [9.17, 15) is 37.9 Å². The molecule has 6 unspecified atom stereocenters. The molecule has 0 amide bonds. The molecule has 0 bridgehead atoms. The van der Waals surface area contributed by atoms with Crippen LogP contribution in [0, 0.1) is 0 Å². The van der Waals surface area contributed by atoms with E-state index >= 15 is 0 Å². The Morgan fingerprint density at radius 3 is 1.64 bits per heavy atom. The third-order valence-electron chi connectivity index (χ3n) is 10.0. The van der Waals surface area contributed by atoms with Gasteiger partial charge in [-0.15, -0.1) is 0 Å². The maximum absolute atomic E-state index is 12.8. The normalized spacial score (nSPS) is 20.9. The van der Waals surface area contributed by atoms with Crippen LogP contribution in [0.3, 0.4) is 0 Å². The minimum atomic E-state index is -4.60. The standard InChI is InChI=1S/C43H78O12S/c1-3-5-7-9-11-13-15-17-18-20-21-23-25-27-29-31-38(44)52-33-36(34-53-43-42(48)41(47)40(46)37(55-43)35-56(49,50)51)54-39(45)32-30-28-26-24-22-19-16-14-12-10-8-6-4-2/h8,10,14,16,36-37,40-43,46-48H,3-7,9,11-13,15,17-35H2,1-2H3,(H,49,50,51)/b10-8-,16-14-. The molecule has 0 spiro atoms. The summed E-state index contributed by atoms with van der Waals surface area (Å²) in [4.78, 5) is 25.3. The van der Waals surface area contributed by atoms with Crippen LogP contribution in [0.1, 0.15) is 181 Å². The Balaban J connectivity index is 2.46. The van der Waals surface area contributed by atoms with E-state index in [1.807, 2.05) is 0 Å². The molecule has 1 aliphatic heterocycles. The molecule has 6 atom stereocenters. The second kappa shape index (κ2) is 34.0. The quantitative estimate of drug-likeness (QED) is 0.0205. The average Bonchev–Trinajstić information content (AvgIpc) is 3.16. The lowest BCUT2D eigenvalue weighted by molar-refractivity contribution is -0.297. The molecular formula is C43H78O12S. The first-order valence-corrected chi connectivity index (χ1v) is 23.5. The first-order valence-electron chi connectivity index (χ1n) is 21.9. The van der Waals surface area contributed by atoms with Crippen molar-refractivity contribution in [1.29, 1.82) is 0 Å². The molecule has 0 aliphatic carbocycles. The number of unbranched alkanes of at least 4 members (excludes halogenated alkanes) is 20. The number of allylic oxidation sites excluding steroid dienone is 4. The Morgan fingerprint density at radius 1 is 0.607 bits per heavy atom. The van der Waals surface area contributed by atoms with Crippen molar-refractivity contribution in [1.82, 2.24) is 0 Å². The average molecular weight is 819 g/mol. The molecule has 1 aliphatic rings. The van der Waals surface area contributed by atoms with Crippen molar-refractivity contribution < 1.29 is 56.8 Å². The van der Waals surface area contributed by atoms with E-state index in [0.717, 1.165) is 70.6 Å². The van der Waals surface area contributed by atoms with Gasteiger partial charge in [0.15, 0.2) is 12.4 Å². The van der Waals surface area contributed by atoms with Crippen LogP contribution in [0.2, 0.25) is 0 Å². The summed E-state index contributed by atoms with van der Waals surface area (Å²) in [6.45, 7) is 3.68. The van der Waals surface area contributed by atoms with Crippen molar-refractivity contribution in [3.63, 3.8) is 0 Å². The molecule has 1 saturated heterocycles. The number of rotatable bonds is 36. The molecule has 0 aromatic carbocycles. The third kappa shape index (κ3) is 28.5. The van der Waals surface area contributed by atoms with E-state index in [0.29, 0.717) is 12.8 Å². The van der Waals surface area contributed by atoms with Gasteiger partial charge in [-0.2, -0.15) is 8.42 Å². The highest BCUT2D eigenvalue weighted by Gasteiger charge is 2.46. The molecule has 12 nitrogen and oxygen atoms in total. The molecule has 0 saturated carbocycles. The Labute approximate surface area is 338 Å². The molecule has 1 heterocycles. The summed E-state index contributed by atoms with van der Waals surface area (Å²) in [6, 6.07) is 0. The summed E-state index contributed by atoms with van der Waals surface area (Å²) in [5, 5.41) is 30.8. The van der Waals surface area contributed by atoms with E-state index < -0.39 is 71.2 Å². The lowest BCUT2D eigenvalue weighted by Gasteiger charge is -2.40. The Kier molecular flexibility index (Phi) is 31.7. The van der Waals surface area contributed by atoms with Gasteiger partial charge in [-0.1, -0.05) is 154 Å². The smallest absolute Gasteiger partial charge is 0.306 e. The van der Waals surface area contributed by atoms with E-state index in [1.54, 1.807) is 0 Å². The fraction of sp³-hybridized carbons (Fsp3) is 0.860. The minimum absolute atomic E-state index is 0.150. The van der Waals surface area contributed by atoms with Crippen LogP contribution in [-0.2, 0) is 38.7 Å². The van der Waals surface area contributed by atoms with Crippen LogP contribution in [0.25, 0.3) is 0 Å². The summed E-state index contributed by atoms with van der Waals surface area (Å²) < 4.78 is 54.0. The van der Waals surface area contributed by atoms with Gasteiger partial charge in [-0.25, -0.2) is 0 Å². The number of carbonyl (C=O) groups excluding carboxylic acids is 2. The Hall–Kier alpha value is -1.87. The van der Waals surface area contributed by atoms with E-state index in [4.69, 9.17) is 18.9 Å². The summed E-state index contributed by atoms with van der Waals surface area (Å²) >= 11 is 0. The van der Waals surface area contributed by atoms with Crippen molar-refractivity contribution in [2.75, 3.05) is 19.0 Å². The van der Waals surface area contributed by atoms with Gasteiger partial charge in [0.05, 0.1) is 6.61 Å². The molecule has 0 aromatic heterocycles. The maximum Gasteiger partial charge on any atom is 0.306 e. The number of hydrogen-bond donors (Lipinski definition) is 4. The van der Waals surface area contributed by atoms with Gasteiger partial charge in [0.1, 0.15) is 36.8 Å². The minimum Gasteiger partial charge on any atom is -0.462 e. The zero-order chi connectivity index (χ0) is 41.3. The predicted molar refractivity (Wildman–Crippen MR) is 220 cm³/mol. The molecule has 1 rings (SSSR count). The highest BCUT2D eigenvalue weighted by atomic mass is 32.2. The maximum atomic E-state index is 12.8. The molecule has 0 aromatic rings. The zero-order valence-electron chi connectivity index (χ0n) is 34.7. The first kappa shape index (κ1) is 52.1. The van der Waals surface area contributed by atoms with Crippen molar-refractivity contribution in [3.8, 4) is 0 Å². The fourth-order valence-corrected chi connectivity index (χ4v) is 7.29. The van der Waals surface area contributed by atoms with Crippen LogP contribution in [-0.4, -0.2) is 96.0 Å². The topological polar surface area (TPSA) is 186 Å². The molecule has 13 heteroatoms. The summed E-state index contributed by atoms with van der Waals surface area (Å²) in [6.07, 6.45) is 26.5. The molecule has 328 valence electrons. The molecule has 1 fully saturated rings. The molecule has 4 N–H and O–H groups in total. The van der Waals surface area contributed by atoms with Gasteiger partial charge in [0, 0.05) is 12.8 Å². The fourth-order valence-electron chi connectivity index (χ4n) is 6.60. The van der Waals surface area contributed by atoms with Crippen LogP contribution >= 0.6 is 0 Å². The second-order valence-corrected chi connectivity index (χ2v) is 16.9. The first-order chi connectivity index (χ1) is 27.0. The number of aliphatic hydroxyl groups is 3. The third-order valence-corrected chi connectivity index (χ3v) is 10.8. The zero-order valence-corrected chi connectivity index (χ0v) is 35.6. The van der Waals surface area contributed by atoms with Gasteiger partial charge >= 0.3 is 11.9 Å². The number of aliphatic hydroxyl groups excluding tert-OH is 3. The van der Waals surface area contributed by atoms with Crippen molar-refractivity contribution in [3.05, 3.63) is 24.3 Å². The number of carbonyl (C=O) groups is 2. The van der Waals surface area contributed by atoms with E-state index in [2.05, 4.69) is 38.2 Å². The van der Waals surface area contributed by atoms with E-state index in [-0.39, 0.29) is 19.4 Å². The number of hydrogen-bond acceptors (Lipinski definition) is 11. The SMILES string of the molecule is CCC/C=C\C/C=C\CCCCCCCC(=O)OC(COC(=O)CCCCCCCCCCCCCCCCC)COC1OC(CS(=O)(=O)O)C(O)C(O)C1O. The van der Waals surface area contributed by atoms with Crippen LogP contribution < -0.4 is 0 Å². The number of ether oxygens (including phenoxy) is 4. The van der Waals surface area contributed by atoms with Crippen LogP contribution in [0.15, 0.2) is 24.3 Å². The van der Waals surface area contributed by atoms with Gasteiger partial charge in [-0.3, -0.25) is 14.1 Å². The van der Waals surface area contributed by atoms with E-state index in [1.165, 1.54) is 70.6 Å². The monoisotopic (exact) mass is 819 g/mol. The van der Waals surface area contributed by atoms with Crippen molar-refractivity contribution in [2.45, 2.75) is 218 Å². The Bertz CT molecular complexity index is 1140. The molecule has 56 heavy (non-hydrogen) atoms.